The van der Waals surface area contributed by atoms with Gasteiger partial charge < -0.3 is 15.0 Å². The maximum absolute atomic E-state index is 12.5. The van der Waals surface area contributed by atoms with Crippen molar-refractivity contribution in [1.82, 2.24) is 5.32 Å². The van der Waals surface area contributed by atoms with Crippen molar-refractivity contribution in [3.8, 4) is 5.75 Å². The lowest BCUT2D eigenvalue weighted by Gasteiger charge is -2.22. The first kappa shape index (κ1) is 17.0. The number of nitrogens with one attached hydrogen (secondary N) is 1. The molecule has 0 aliphatic carbocycles. The van der Waals surface area contributed by atoms with Crippen LogP contribution in [0.15, 0.2) is 48.5 Å². The number of fused-ring (bicyclic) bond motifs is 1. The molecule has 5 nitrogen and oxygen atoms in total. The van der Waals surface area contributed by atoms with E-state index in [1.165, 1.54) is 0 Å². The second-order valence-electron chi connectivity index (χ2n) is 6.21. The molecule has 1 heterocycles. The summed E-state index contributed by atoms with van der Waals surface area (Å²) in [5.41, 5.74) is 3.02. The minimum Gasteiger partial charge on any atom is -0.497 e. The van der Waals surface area contributed by atoms with Gasteiger partial charge in [-0.05, 0) is 49.1 Å². The molecule has 0 aromatic heterocycles. The molecule has 0 fully saturated rings. The molecule has 1 atom stereocenters. The predicted molar refractivity (Wildman–Crippen MR) is 96.8 cm³/mol. The number of amides is 2. The van der Waals surface area contributed by atoms with Gasteiger partial charge in [0.05, 0.1) is 7.11 Å². The minimum absolute atomic E-state index is 0.00256. The van der Waals surface area contributed by atoms with Gasteiger partial charge in [0.2, 0.25) is 0 Å². The van der Waals surface area contributed by atoms with Crippen LogP contribution in [-0.2, 0) is 22.4 Å². The smallest absolute Gasteiger partial charge is 0.316 e. The zero-order valence-corrected chi connectivity index (χ0v) is 14.5. The van der Waals surface area contributed by atoms with E-state index in [1.54, 1.807) is 12.0 Å². The van der Waals surface area contributed by atoms with Gasteiger partial charge in [-0.15, -0.1) is 0 Å². The molecule has 3 rings (SSSR count). The van der Waals surface area contributed by atoms with E-state index in [4.69, 9.17) is 4.74 Å². The predicted octanol–water partition coefficient (Wildman–Crippen LogP) is 2.33. The fraction of sp³-hybridized carbons (Fsp3) is 0.300. The van der Waals surface area contributed by atoms with Crippen molar-refractivity contribution >= 4 is 17.5 Å². The summed E-state index contributed by atoms with van der Waals surface area (Å²) in [7, 11) is 1.62. The zero-order chi connectivity index (χ0) is 17.8. The standard InChI is InChI=1S/C20H22N2O3/c1-14-13-16-5-3-4-6-18(16)22(14)20(24)19(23)21-12-11-15-7-9-17(25-2)10-8-15/h3-10,14H,11-13H2,1-2H3,(H,21,23). The van der Waals surface area contributed by atoms with Gasteiger partial charge in [-0.1, -0.05) is 30.3 Å². The highest BCUT2D eigenvalue weighted by Gasteiger charge is 2.33. The zero-order valence-electron chi connectivity index (χ0n) is 14.5. The Morgan fingerprint density at radius 1 is 1.16 bits per heavy atom. The number of anilines is 1. The highest BCUT2D eigenvalue weighted by atomic mass is 16.5. The number of hydrogen-bond donors (Lipinski definition) is 1. The molecular formula is C20H22N2O3. The first-order valence-electron chi connectivity index (χ1n) is 8.42. The molecule has 0 bridgehead atoms. The Morgan fingerprint density at radius 3 is 2.60 bits per heavy atom. The Bertz CT molecular complexity index is 771. The van der Waals surface area contributed by atoms with Gasteiger partial charge in [0.1, 0.15) is 5.75 Å². The summed E-state index contributed by atoms with van der Waals surface area (Å²) < 4.78 is 5.12. The Morgan fingerprint density at radius 2 is 1.88 bits per heavy atom. The first-order chi connectivity index (χ1) is 12.1. The molecular weight excluding hydrogens is 316 g/mol. The van der Waals surface area contributed by atoms with E-state index in [0.717, 1.165) is 29.0 Å². The summed E-state index contributed by atoms with van der Waals surface area (Å²) in [6.45, 7) is 2.38. The summed E-state index contributed by atoms with van der Waals surface area (Å²) in [6.07, 6.45) is 1.44. The van der Waals surface area contributed by atoms with E-state index in [2.05, 4.69) is 5.32 Å². The SMILES string of the molecule is COc1ccc(CCNC(=O)C(=O)N2c3ccccc3CC2C)cc1. The molecule has 5 heteroatoms. The normalized spacial score (nSPS) is 15.6. The van der Waals surface area contributed by atoms with Crippen LogP contribution in [0.1, 0.15) is 18.1 Å². The van der Waals surface area contributed by atoms with Gasteiger partial charge in [0, 0.05) is 18.3 Å². The highest BCUT2D eigenvalue weighted by molar-refractivity contribution is 6.40. The van der Waals surface area contributed by atoms with Crippen LogP contribution in [0.4, 0.5) is 5.69 Å². The van der Waals surface area contributed by atoms with Gasteiger partial charge in [0.25, 0.3) is 0 Å². The lowest BCUT2D eigenvalue weighted by atomic mass is 10.1. The van der Waals surface area contributed by atoms with E-state index in [9.17, 15) is 9.59 Å². The van der Waals surface area contributed by atoms with Crippen LogP contribution in [0, 0.1) is 0 Å². The van der Waals surface area contributed by atoms with Crippen molar-refractivity contribution in [2.45, 2.75) is 25.8 Å². The quantitative estimate of drug-likeness (QED) is 0.871. The van der Waals surface area contributed by atoms with E-state index in [1.807, 2.05) is 55.5 Å². The van der Waals surface area contributed by atoms with Crippen molar-refractivity contribution in [2.24, 2.45) is 0 Å². The van der Waals surface area contributed by atoms with Crippen LogP contribution in [0.5, 0.6) is 5.75 Å². The molecule has 1 aliphatic heterocycles. The summed E-state index contributed by atoms with van der Waals surface area (Å²) in [5.74, 6) is -0.256. The minimum atomic E-state index is -0.558. The second kappa shape index (κ2) is 7.38. The van der Waals surface area contributed by atoms with Crippen LogP contribution in [0.3, 0.4) is 0 Å². The van der Waals surface area contributed by atoms with Gasteiger partial charge in [0.15, 0.2) is 0 Å². The lowest BCUT2D eigenvalue weighted by molar-refractivity contribution is -0.137. The molecule has 0 saturated carbocycles. The second-order valence-corrected chi connectivity index (χ2v) is 6.21. The third-order valence-corrected chi connectivity index (χ3v) is 4.48. The van der Waals surface area contributed by atoms with Gasteiger partial charge in [-0.25, -0.2) is 0 Å². The van der Waals surface area contributed by atoms with Crippen molar-refractivity contribution in [3.05, 3.63) is 59.7 Å². The van der Waals surface area contributed by atoms with Crippen LogP contribution in [0.2, 0.25) is 0 Å². The molecule has 130 valence electrons. The van der Waals surface area contributed by atoms with Gasteiger partial charge in [-0.3, -0.25) is 9.59 Å². The molecule has 0 saturated heterocycles. The van der Waals surface area contributed by atoms with Crippen LogP contribution in [0.25, 0.3) is 0 Å². The average molecular weight is 338 g/mol. The number of ether oxygens (including phenoxy) is 1. The maximum atomic E-state index is 12.5. The van der Waals surface area contributed by atoms with E-state index in [0.29, 0.717) is 13.0 Å². The summed E-state index contributed by atoms with van der Waals surface area (Å²) in [5, 5.41) is 2.73. The monoisotopic (exact) mass is 338 g/mol. The largest absolute Gasteiger partial charge is 0.497 e. The van der Waals surface area contributed by atoms with Crippen LogP contribution in [-0.4, -0.2) is 31.5 Å². The highest BCUT2D eigenvalue weighted by Crippen LogP contribution is 2.31. The molecule has 2 amide bonds. The number of rotatable bonds is 4. The molecule has 0 spiro atoms. The van der Waals surface area contributed by atoms with Crippen molar-refractivity contribution in [3.63, 3.8) is 0 Å². The fourth-order valence-corrected chi connectivity index (χ4v) is 3.17. The molecule has 1 N–H and O–H groups in total. The Hall–Kier alpha value is -2.82. The Balaban J connectivity index is 1.57. The number of carbonyl (C=O) groups is 2. The van der Waals surface area contributed by atoms with Crippen molar-refractivity contribution in [1.29, 1.82) is 0 Å². The Kier molecular flexibility index (Phi) is 5.03. The number of para-hydroxylation sites is 1. The number of hydrogen-bond acceptors (Lipinski definition) is 3. The average Bonchev–Trinajstić information content (AvgIpc) is 2.97. The van der Waals surface area contributed by atoms with E-state index >= 15 is 0 Å². The number of benzene rings is 2. The van der Waals surface area contributed by atoms with Crippen LogP contribution < -0.4 is 15.0 Å². The molecule has 1 aliphatic rings. The summed E-state index contributed by atoms with van der Waals surface area (Å²) >= 11 is 0. The van der Waals surface area contributed by atoms with Crippen molar-refractivity contribution < 1.29 is 14.3 Å². The van der Waals surface area contributed by atoms with Gasteiger partial charge >= 0.3 is 11.8 Å². The fourth-order valence-electron chi connectivity index (χ4n) is 3.17. The summed E-state index contributed by atoms with van der Waals surface area (Å²) in [4.78, 5) is 26.4. The summed E-state index contributed by atoms with van der Waals surface area (Å²) in [6, 6.07) is 15.4. The topological polar surface area (TPSA) is 58.6 Å². The third-order valence-electron chi connectivity index (χ3n) is 4.48. The Labute approximate surface area is 147 Å². The van der Waals surface area contributed by atoms with E-state index in [-0.39, 0.29) is 6.04 Å². The van der Waals surface area contributed by atoms with E-state index < -0.39 is 11.8 Å². The lowest BCUT2D eigenvalue weighted by Crippen LogP contribution is -2.46. The molecule has 25 heavy (non-hydrogen) atoms. The van der Waals surface area contributed by atoms with Gasteiger partial charge in [-0.2, -0.15) is 0 Å². The number of carbonyl (C=O) groups excluding carboxylic acids is 2. The first-order valence-corrected chi connectivity index (χ1v) is 8.42. The molecule has 2 aromatic rings. The molecule has 2 aromatic carbocycles. The number of nitrogens with zero attached hydrogens (tertiary/aromatic N) is 1. The van der Waals surface area contributed by atoms with Crippen molar-refractivity contribution in [2.75, 3.05) is 18.6 Å². The maximum Gasteiger partial charge on any atom is 0.316 e. The van der Waals surface area contributed by atoms with Crippen LogP contribution >= 0.6 is 0 Å². The molecule has 1 unspecified atom stereocenters. The molecule has 0 radical (unpaired) electrons. The third kappa shape index (κ3) is 3.65. The number of methoxy groups -OCH3 is 1.